The van der Waals surface area contributed by atoms with Crippen molar-refractivity contribution in [2.24, 2.45) is 0 Å². The molecule has 1 saturated heterocycles. The average molecular weight is 392 g/mol. The summed E-state index contributed by atoms with van der Waals surface area (Å²) in [5.74, 6) is -2.00. The second-order valence-corrected chi connectivity index (χ2v) is 7.52. The Balaban J connectivity index is 2.20. The number of amides is 3. The van der Waals surface area contributed by atoms with Crippen LogP contribution in [0.15, 0.2) is 24.3 Å². The van der Waals surface area contributed by atoms with Gasteiger partial charge in [0, 0.05) is 13.5 Å². The Morgan fingerprint density at radius 1 is 1.25 bits per heavy atom. The predicted molar refractivity (Wildman–Crippen MR) is 97.2 cm³/mol. The van der Waals surface area contributed by atoms with Crippen molar-refractivity contribution in [1.29, 1.82) is 0 Å². The zero-order valence-corrected chi connectivity index (χ0v) is 16.2. The molecule has 1 aliphatic heterocycles. The number of rotatable bonds is 5. The van der Waals surface area contributed by atoms with Crippen LogP contribution in [0.1, 0.15) is 32.8 Å². The molecule has 1 fully saturated rings. The van der Waals surface area contributed by atoms with Gasteiger partial charge in [-0.1, -0.05) is 12.1 Å². The van der Waals surface area contributed by atoms with Crippen LogP contribution in [0.5, 0.6) is 5.75 Å². The van der Waals surface area contributed by atoms with Crippen molar-refractivity contribution in [3.8, 4) is 5.75 Å². The molecule has 0 radical (unpaired) electrons. The minimum atomic E-state index is -1.23. The molecule has 0 spiro atoms. The van der Waals surface area contributed by atoms with Crippen LogP contribution < -0.4 is 5.32 Å². The highest BCUT2D eigenvalue weighted by atomic mass is 16.6. The maximum Gasteiger partial charge on any atom is 0.410 e. The normalized spacial score (nSPS) is 17.6. The lowest BCUT2D eigenvalue weighted by molar-refractivity contribution is -0.158. The molecule has 9 nitrogen and oxygen atoms in total. The standard InChI is InChI=1S/C19H24N2O7/c1-19(2,3)28-18(26)21(4)13(9-11-5-7-12(22)8-6-11)17(25)27-14-10-15(23)20-16(14)24/h5-8,13-14,22H,9-10H2,1-4H3,(H,20,23,24)/t13-,14?/m0/s1. The van der Waals surface area contributed by atoms with Crippen molar-refractivity contribution >= 4 is 23.9 Å². The van der Waals surface area contributed by atoms with Gasteiger partial charge in [-0.3, -0.25) is 19.8 Å². The molecule has 0 bridgehead atoms. The number of nitrogens with zero attached hydrogens (tertiary/aromatic N) is 1. The molecular formula is C19H24N2O7. The highest BCUT2D eigenvalue weighted by Gasteiger charge is 2.38. The van der Waals surface area contributed by atoms with Crippen molar-refractivity contribution in [3.63, 3.8) is 0 Å². The summed E-state index contributed by atoms with van der Waals surface area (Å²) >= 11 is 0. The van der Waals surface area contributed by atoms with Gasteiger partial charge in [0.2, 0.25) is 5.91 Å². The Hall–Kier alpha value is -3.10. The van der Waals surface area contributed by atoms with Gasteiger partial charge in [-0.2, -0.15) is 0 Å². The van der Waals surface area contributed by atoms with Gasteiger partial charge in [-0.15, -0.1) is 0 Å². The van der Waals surface area contributed by atoms with E-state index in [1.165, 1.54) is 19.2 Å². The monoisotopic (exact) mass is 392 g/mol. The van der Waals surface area contributed by atoms with Gasteiger partial charge in [0.1, 0.15) is 17.4 Å². The molecule has 1 aromatic rings. The molecule has 1 aliphatic rings. The third-order valence-electron chi connectivity index (χ3n) is 3.97. The first-order chi connectivity index (χ1) is 13.0. The topological polar surface area (TPSA) is 122 Å². The Bertz CT molecular complexity index is 767. The lowest BCUT2D eigenvalue weighted by Crippen LogP contribution is -2.48. The second kappa shape index (κ2) is 8.28. The number of phenolic OH excluding ortho intramolecular Hbond substituents is 1. The highest BCUT2D eigenvalue weighted by Crippen LogP contribution is 2.18. The molecule has 1 heterocycles. The van der Waals surface area contributed by atoms with Crippen molar-refractivity contribution < 1.29 is 33.8 Å². The van der Waals surface area contributed by atoms with Crippen LogP contribution in [0.25, 0.3) is 0 Å². The molecule has 3 amide bonds. The number of carbonyl (C=O) groups excluding carboxylic acids is 4. The minimum absolute atomic E-state index is 0.0597. The van der Waals surface area contributed by atoms with Crippen LogP contribution in [0.2, 0.25) is 0 Å². The average Bonchev–Trinajstić information content (AvgIpc) is 2.89. The van der Waals surface area contributed by atoms with Gasteiger partial charge in [-0.05, 0) is 38.5 Å². The number of phenols is 1. The smallest absolute Gasteiger partial charge is 0.410 e. The van der Waals surface area contributed by atoms with Gasteiger partial charge < -0.3 is 14.6 Å². The Labute approximate surface area is 162 Å². The molecular weight excluding hydrogens is 368 g/mol. The fourth-order valence-corrected chi connectivity index (χ4v) is 2.54. The molecule has 152 valence electrons. The van der Waals surface area contributed by atoms with E-state index in [1.54, 1.807) is 32.9 Å². The number of esters is 1. The number of ether oxygens (including phenoxy) is 2. The van der Waals surface area contributed by atoms with Gasteiger partial charge in [0.15, 0.2) is 6.10 Å². The van der Waals surface area contributed by atoms with Gasteiger partial charge in [0.05, 0.1) is 6.42 Å². The summed E-state index contributed by atoms with van der Waals surface area (Å²) in [7, 11) is 1.39. The van der Waals surface area contributed by atoms with E-state index >= 15 is 0 Å². The number of benzene rings is 1. The molecule has 2 rings (SSSR count). The number of nitrogens with one attached hydrogen (secondary N) is 1. The van der Waals surface area contributed by atoms with Gasteiger partial charge in [0.25, 0.3) is 5.91 Å². The first-order valence-electron chi connectivity index (χ1n) is 8.74. The number of carbonyl (C=O) groups is 4. The lowest BCUT2D eigenvalue weighted by Gasteiger charge is -2.30. The number of likely N-dealkylation sites (N-methyl/N-ethyl adjacent to an activating group) is 1. The number of hydrogen-bond acceptors (Lipinski definition) is 7. The summed E-state index contributed by atoms with van der Waals surface area (Å²) in [5, 5.41) is 11.5. The largest absolute Gasteiger partial charge is 0.508 e. The van der Waals surface area contributed by atoms with Gasteiger partial charge in [-0.25, -0.2) is 9.59 Å². The maximum atomic E-state index is 12.7. The van der Waals surface area contributed by atoms with Crippen LogP contribution >= 0.6 is 0 Å². The van der Waals surface area contributed by atoms with Crippen LogP contribution in [0.3, 0.4) is 0 Å². The van der Waals surface area contributed by atoms with Crippen LogP contribution in [0.4, 0.5) is 4.79 Å². The summed E-state index contributed by atoms with van der Waals surface area (Å²) in [6, 6.07) is 5.01. The molecule has 1 aromatic carbocycles. The summed E-state index contributed by atoms with van der Waals surface area (Å²) in [4.78, 5) is 49.2. The van der Waals surface area contributed by atoms with Crippen molar-refractivity contribution in [2.75, 3.05) is 7.05 Å². The third kappa shape index (κ3) is 5.70. The fraction of sp³-hybridized carbons (Fsp3) is 0.474. The molecule has 0 aromatic heterocycles. The predicted octanol–water partition coefficient (Wildman–Crippen LogP) is 1.13. The number of hydrogen-bond donors (Lipinski definition) is 2. The second-order valence-electron chi connectivity index (χ2n) is 7.52. The van der Waals surface area contributed by atoms with Crippen LogP contribution in [-0.2, 0) is 30.3 Å². The SMILES string of the molecule is CN(C(=O)OC(C)(C)C)[C@@H](Cc1ccc(O)cc1)C(=O)OC1CC(=O)NC1=O. The van der Waals surface area contributed by atoms with E-state index in [-0.39, 0.29) is 18.6 Å². The zero-order chi connectivity index (χ0) is 21.1. The molecule has 1 unspecified atom stereocenters. The zero-order valence-electron chi connectivity index (χ0n) is 16.2. The van der Waals surface area contributed by atoms with E-state index < -0.39 is 41.6 Å². The van der Waals surface area contributed by atoms with E-state index in [2.05, 4.69) is 5.32 Å². The van der Waals surface area contributed by atoms with E-state index in [9.17, 15) is 24.3 Å². The quantitative estimate of drug-likeness (QED) is 0.569. The molecule has 0 saturated carbocycles. The summed E-state index contributed by atoms with van der Waals surface area (Å²) in [5.41, 5.74) is -0.113. The first-order valence-corrected chi connectivity index (χ1v) is 8.74. The maximum absolute atomic E-state index is 12.7. The van der Waals surface area contributed by atoms with E-state index in [4.69, 9.17) is 9.47 Å². The van der Waals surface area contributed by atoms with Crippen molar-refractivity contribution in [2.45, 2.75) is 51.4 Å². The third-order valence-corrected chi connectivity index (χ3v) is 3.97. The molecule has 2 atom stereocenters. The van der Waals surface area contributed by atoms with Crippen LogP contribution in [0, 0.1) is 0 Å². The summed E-state index contributed by atoms with van der Waals surface area (Å²) < 4.78 is 10.5. The van der Waals surface area contributed by atoms with E-state index in [1.807, 2.05) is 0 Å². The molecule has 0 aliphatic carbocycles. The Morgan fingerprint density at radius 3 is 2.36 bits per heavy atom. The minimum Gasteiger partial charge on any atom is -0.508 e. The number of imide groups is 1. The fourth-order valence-electron chi connectivity index (χ4n) is 2.54. The van der Waals surface area contributed by atoms with Crippen LogP contribution in [-0.4, -0.2) is 58.7 Å². The van der Waals surface area contributed by atoms with E-state index in [0.717, 1.165) is 4.90 Å². The van der Waals surface area contributed by atoms with E-state index in [0.29, 0.717) is 5.56 Å². The molecule has 28 heavy (non-hydrogen) atoms. The molecule has 9 heteroatoms. The first kappa shape index (κ1) is 21.2. The summed E-state index contributed by atoms with van der Waals surface area (Å²) in [6.07, 6.45) is -2.15. The number of aromatic hydroxyl groups is 1. The Kier molecular flexibility index (Phi) is 6.27. The van der Waals surface area contributed by atoms with Crippen molar-refractivity contribution in [3.05, 3.63) is 29.8 Å². The van der Waals surface area contributed by atoms with Gasteiger partial charge >= 0.3 is 12.1 Å². The Morgan fingerprint density at radius 2 is 1.86 bits per heavy atom. The lowest BCUT2D eigenvalue weighted by atomic mass is 10.0. The summed E-state index contributed by atoms with van der Waals surface area (Å²) in [6.45, 7) is 5.08. The molecule has 2 N–H and O–H groups in total. The highest BCUT2D eigenvalue weighted by molar-refractivity contribution is 6.05. The van der Waals surface area contributed by atoms with Crippen molar-refractivity contribution in [1.82, 2.24) is 10.2 Å².